The molecule has 0 spiro atoms. The highest BCUT2D eigenvalue weighted by molar-refractivity contribution is 5.94. The summed E-state index contributed by atoms with van der Waals surface area (Å²) in [5.41, 5.74) is 1.76. The van der Waals surface area contributed by atoms with E-state index in [0.717, 1.165) is 5.56 Å². The Hall–Kier alpha value is -3.94. The number of ether oxygens (including phenoxy) is 4. The maximum Gasteiger partial charge on any atom is 0.339 e. The summed E-state index contributed by atoms with van der Waals surface area (Å²) in [5, 5.41) is 10.6. The average Bonchev–Trinajstić information content (AvgIpc) is 3.12. The first-order chi connectivity index (χ1) is 15.4. The van der Waals surface area contributed by atoms with E-state index in [1.807, 2.05) is 0 Å². The SMILES string of the molecule is COc1cc(Cn2c(C)cc(O)c(C3OC(=O)c4ccccc43)c2=O)cc(OC)c1OC. The lowest BCUT2D eigenvalue weighted by molar-refractivity contribution is 0.0450. The predicted octanol–water partition coefficient (Wildman–Crippen LogP) is 3.20. The van der Waals surface area contributed by atoms with Crippen molar-refractivity contribution < 1.29 is 28.8 Å². The largest absolute Gasteiger partial charge is 0.507 e. The smallest absolute Gasteiger partial charge is 0.339 e. The Balaban J connectivity index is 1.82. The van der Waals surface area contributed by atoms with Crippen LogP contribution in [0.15, 0.2) is 47.3 Å². The molecule has 1 unspecified atom stereocenters. The average molecular weight is 437 g/mol. The van der Waals surface area contributed by atoms with Crippen LogP contribution in [0.1, 0.15) is 38.8 Å². The number of benzene rings is 2. The molecule has 4 rings (SSSR count). The van der Waals surface area contributed by atoms with E-state index in [0.29, 0.717) is 34.1 Å². The number of pyridine rings is 1. The van der Waals surface area contributed by atoms with Crippen molar-refractivity contribution in [3.63, 3.8) is 0 Å². The molecule has 0 amide bonds. The molecule has 32 heavy (non-hydrogen) atoms. The van der Waals surface area contributed by atoms with Crippen LogP contribution in [0.5, 0.6) is 23.0 Å². The van der Waals surface area contributed by atoms with Gasteiger partial charge in [-0.05, 0) is 36.8 Å². The van der Waals surface area contributed by atoms with Gasteiger partial charge >= 0.3 is 5.97 Å². The maximum atomic E-state index is 13.5. The number of methoxy groups -OCH3 is 3. The van der Waals surface area contributed by atoms with Gasteiger partial charge in [-0.3, -0.25) is 4.79 Å². The van der Waals surface area contributed by atoms with Crippen LogP contribution in [0.3, 0.4) is 0 Å². The molecule has 1 aliphatic heterocycles. The molecule has 1 aromatic heterocycles. The van der Waals surface area contributed by atoms with Crippen molar-refractivity contribution in [2.45, 2.75) is 19.6 Å². The predicted molar refractivity (Wildman–Crippen MR) is 116 cm³/mol. The topological polar surface area (TPSA) is 96.2 Å². The van der Waals surface area contributed by atoms with Gasteiger partial charge in [-0.1, -0.05) is 18.2 Å². The van der Waals surface area contributed by atoms with Gasteiger partial charge in [-0.15, -0.1) is 0 Å². The van der Waals surface area contributed by atoms with E-state index >= 15 is 0 Å². The lowest BCUT2D eigenvalue weighted by Crippen LogP contribution is -2.28. The van der Waals surface area contributed by atoms with Crippen LogP contribution in [0.4, 0.5) is 0 Å². The third-order valence-corrected chi connectivity index (χ3v) is 5.54. The van der Waals surface area contributed by atoms with Gasteiger partial charge in [0.2, 0.25) is 5.75 Å². The van der Waals surface area contributed by atoms with Crippen molar-refractivity contribution >= 4 is 5.97 Å². The minimum Gasteiger partial charge on any atom is -0.507 e. The molecule has 166 valence electrons. The van der Waals surface area contributed by atoms with Gasteiger partial charge in [0.05, 0.1) is 33.4 Å². The standard InChI is InChI=1S/C24H23NO7/c1-13-9-17(26)20(21-15-7-5-6-8-16(15)24(28)32-21)23(27)25(13)12-14-10-18(29-2)22(31-4)19(11-14)30-3/h5-11,21,26H,12H2,1-4H3. The number of aryl methyl sites for hydroxylation is 1. The third kappa shape index (κ3) is 3.43. The van der Waals surface area contributed by atoms with Crippen LogP contribution >= 0.6 is 0 Å². The number of rotatable bonds is 6. The number of carbonyl (C=O) groups excluding carboxylic acids is 1. The molecule has 0 fully saturated rings. The van der Waals surface area contributed by atoms with Gasteiger partial charge in [0, 0.05) is 11.3 Å². The van der Waals surface area contributed by atoms with Crippen molar-refractivity contribution in [3.8, 4) is 23.0 Å². The summed E-state index contributed by atoms with van der Waals surface area (Å²) in [6, 6.07) is 11.8. The molecule has 2 heterocycles. The first-order valence-electron chi connectivity index (χ1n) is 9.91. The molecule has 1 aliphatic rings. The molecular formula is C24H23NO7. The Morgan fingerprint density at radius 1 is 1.00 bits per heavy atom. The highest BCUT2D eigenvalue weighted by Crippen LogP contribution is 2.39. The van der Waals surface area contributed by atoms with Gasteiger partial charge in [-0.25, -0.2) is 4.79 Å². The summed E-state index contributed by atoms with van der Waals surface area (Å²) in [4.78, 5) is 25.7. The fourth-order valence-electron chi connectivity index (χ4n) is 3.98. The first kappa shape index (κ1) is 21.3. The molecule has 8 heteroatoms. The fourth-order valence-corrected chi connectivity index (χ4v) is 3.98. The van der Waals surface area contributed by atoms with Gasteiger partial charge in [0.1, 0.15) is 11.3 Å². The van der Waals surface area contributed by atoms with Crippen LogP contribution < -0.4 is 19.8 Å². The molecule has 0 radical (unpaired) electrons. The van der Waals surface area contributed by atoms with Crippen molar-refractivity contribution in [1.29, 1.82) is 0 Å². The van der Waals surface area contributed by atoms with Crippen LogP contribution in [-0.4, -0.2) is 37.0 Å². The molecule has 0 saturated carbocycles. The van der Waals surface area contributed by atoms with E-state index in [1.165, 1.54) is 32.0 Å². The number of carbonyl (C=O) groups is 1. The fraction of sp³-hybridized carbons (Fsp3) is 0.250. The number of cyclic esters (lactones) is 1. The van der Waals surface area contributed by atoms with Gasteiger partial charge in [-0.2, -0.15) is 0 Å². The highest BCUT2D eigenvalue weighted by atomic mass is 16.6. The monoisotopic (exact) mass is 437 g/mol. The Labute approximate surface area is 184 Å². The summed E-state index contributed by atoms with van der Waals surface area (Å²) in [6.45, 7) is 1.90. The second kappa shape index (κ2) is 8.30. The summed E-state index contributed by atoms with van der Waals surface area (Å²) >= 11 is 0. The van der Waals surface area contributed by atoms with Crippen LogP contribution in [0.2, 0.25) is 0 Å². The summed E-state index contributed by atoms with van der Waals surface area (Å²) in [6.07, 6.45) is -0.974. The van der Waals surface area contributed by atoms with Crippen molar-refractivity contribution in [2.75, 3.05) is 21.3 Å². The molecule has 2 aromatic carbocycles. The van der Waals surface area contributed by atoms with E-state index in [4.69, 9.17) is 18.9 Å². The normalized spacial score (nSPS) is 14.6. The van der Waals surface area contributed by atoms with Crippen LogP contribution in [-0.2, 0) is 11.3 Å². The minimum absolute atomic E-state index is 0.0151. The highest BCUT2D eigenvalue weighted by Gasteiger charge is 2.36. The van der Waals surface area contributed by atoms with E-state index in [2.05, 4.69) is 0 Å². The van der Waals surface area contributed by atoms with E-state index < -0.39 is 17.6 Å². The summed E-state index contributed by atoms with van der Waals surface area (Å²) in [5.74, 6) is 0.628. The number of aromatic hydroxyl groups is 1. The number of hydrogen-bond donors (Lipinski definition) is 1. The summed E-state index contributed by atoms with van der Waals surface area (Å²) in [7, 11) is 4.55. The Morgan fingerprint density at radius 2 is 1.66 bits per heavy atom. The van der Waals surface area contributed by atoms with Crippen molar-refractivity contribution in [1.82, 2.24) is 4.57 Å². The number of hydrogen-bond acceptors (Lipinski definition) is 7. The minimum atomic E-state index is -0.974. The van der Waals surface area contributed by atoms with E-state index in [9.17, 15) is 14.7 Å². The lowest BCUT2D eigenvalue weighted by Gasteiger charge is -2.19. The molecule has 3 aromatic rings. The van der Waals surface area contributed by atoms with Crippen molar-refractivity contribution in [2.24, 2.45) is 0 Å². The van der Waals surface area contributed by atoms with E-state index in [-0.39, 0.29) is 17.9 Å². The number of nitrogens with zero attached hydrogens (tertiary/aromatic N) is 1. The Bertz CT molecular complexity index is 1240. The third-order valence-electron chi connectivity index (χ3n) is 5.54. The molecule has 8 nitrogen and oxygen atoms in total. The Morgan fingerprint density at radius 3 is 2.28 bits per heavy atom. The van der Waals surface area contributed by atoms with E-state index in [1.54, 1.807) is 43.3 Å². The second-order valence-corrected chi connectivity index (χ2v) is 7.38. The molecule has 1 N–H and O–H groups in total. The molecule has 0 saturated heterocycles. The zero-order valence-electron chi connectivity index (χ0n) is 18.2. The lowest BCUT2D eigenvalue weighted by atomic mass is 9.99. The van der Waals surface area contributed by atoms with Crippen molar-refractivity contribution in [3.05, 3.63) is 80.8 Å². The molecule has 1 atom stereocenters. The second-order valence-electron chi connectivity index (χ2n) is 7.38. The number of fused-ring (bicyclic) bond motifs is 1. The first-order valence-corrected chi connectivity index (χ1v) is 9.91. The number of aromatic nitrogens is 1. The summed E-state index contributed by atoms with van der Waals surface area (Å²) < 4.78 is 23.1. The zero-order chi connectivity index (χ0) is 23.0. The zero-order valence-corrected chi connectivity index (χ0v) is 18.2. The van der Waals surface area contributed by atoms with Crippen LogP contribution in [0, 0.1) is 6.92 Å². The van der Waals surface area contributed by atoms with Gasteiger partial charge in [0.25, 0.3) is 5.56 Å². The van der Waals surface area contributed by atoms with Crippen LogP contribution in [0.25, 0.3) is 0 Å². The molecule has 0 aliphatic carbocycles. The number of esters is 1. The van der Waals surface area contributed by atoms with Gasteiger partial charge in [0.15, 0.2) is 17.6 Å². The molecule has 0 bridgehead atoms. The Kier molecular flexibility index (Phi) is 5.52. The molecular weight excluding hydrogens is 414 g/mol. The quantitative estimate of drug-likeness (QED) is 0.592. The maximum absolute atomic E-state index is 13.5. The van der Waals surface area contributed by atoms with Gasteiger partial charge < -0.3 is 28.6 Å².